The molecule has 0 aliphatic carbocycles. The molecule has 0 saturated carbocycles. The summed E-state index contributed by atoms with van der Waals surface area (Å²) in [6.45, 7) is 3.63. The zero-order chi connectivity index (χ0) is 21.0. The number of rotatable bonds is 7. The van der Waals surface area contributed by atoms with Crippen LogP contribution >= 0.6 is 35.0 Å². The van der Waals surface area contributed by atoms with Crippen molar-refractivity contribution in [2.45, 2.75) is 30.4 Å². The van der Waals surface area contributed by atoms with E-state index >= 15 is 0 Å². The molecule has 1 aromatic heterocycles. The third-order valence-electron chi connectivity index (χ3n) is 4.18. The minimum absolute atomic E-state index is 0.175. The Morgan fingerprint density at radius 1 is 1.17 bits per heavy atom. The van der Waals surface area contributed by atoms with Gasteiger partial charge in [-0.25, -0.2) is 0 Å². The summed E-state index contributed by atoms with van der Waals surface area (Å²) in [5.74, 6) is 0.789. The highest BCUT2D eigenvalue weighted by atomic mass is 35.5. The number of hydrogen-bond acceptors (Lipinski definition) is 6. The molecular formula is C20H19Cl2N3O3S. The number of hydrogen-bond donors (Lipinski definition) is 1. The maximum Gasteiger partial charge on any atom is 0.277 e. The summed E-state index contributed by atoms with van der Waals surface area (Å²) in [7, 11) is 1.57. The topological polar surface area (TPSA) is 77.2 Å². The number of benzene rings is 2. The van der Waals surface area contributed by atoms with Crippen molar-refractivity contribution in [3.05, 3.63) is 58.1 Å². The summed E-state index contributed by atoms with van der Waals surface area (Å²) in [4.78, 5) is 12.6. The van der Waals surface area contributed by atoms with Crippen LogP contribution in [-0.4, -0.2) is 28.5 Å². The monoisotopic (exact) mass is 451 g/mol. The quantitative estimate of drug-likeness (QED) is 0.483. The SMILES string of the molecule is COc1ccccc1-c1nnc(S[C@@H](C)C(=O)N[C@@H](C)c2ccc(Cl)cc2Cl)o1. The standard InChI is InChI=1S/C20H19Cl2N3O3S/c1-11(14-9-8-13(21)10-16(14)22)23-18(26)12(2)29-20-25-24-19(28-20)15-6-4-5-7-17(15)27-3/h4-12H,1-3H3,(H,23,26)/t11-,12-/m0/s1. The zero-order valence-electron chi connectivity index (χ0n) is 16.0. The summed E-state index contributed by atoms with van der Waals surface area (Å²) in [6, 6.07) is 12.3. The number of aromatic nitrogens is 2. The first-order chi connectivity index (χ1) is 13.9. The van der Waals surface area contributed by atoms with Crippen LogP contribution in [0.3, 0.4) is 0 Å². The van der Waals surface area contributed by atoms with Crippen LogP contribution < -0.4 is 10.1 Å². The molecule has 3 rings (SSSR count). The van der Waals surface area contributed by atoms with E-state index in [1.54, 1.807) is 32.2 Å². The second kappa shape index (κ2) is 9.52. The van der Waals surface area contributed by atoms with Gasteiger partial charge in [0.2, 0.25) is 5.91 Å². The Bertz CT molecular complexity index is 1010. The largest absolute Gasteiger partial charge is 0.496 e. The predicted octanol–water partition coefficient (Wildman–Crippen LogP) is 5.41. The van der Waals surface area contributed by atoms with E-state index in [2.05, 4.69) is 15.5 Å². The maximum absolute atomic E-state index is 12.6. The first-order valence-electron chi connectivity index (χ1n) is 8.78. The van der Waals surface area contributed by atoms with Crippen molar-refractivity contribution in [3.8, 4) is 17.2 Å². The Morgan fingerprint density at radius 3 is 2.66 bits per heavy atom. The van der Waals surface area contributed by atoms with Gasteiger partial charge in [0.1, 0.15) is 5.75 Å². The number of halogens is 2. The van der Waals surface area contributed by atoms with Gasteiger partial charge in [-0.2, -0.15) is 0 Å². The molecule has 9 heteroatoms. The Balaban J connectivity index is 1.65. The second-order valence-electron chi connectivity index (χ2n) is 6.23. The highest BCUT2D eigenvalue weighted by Crippen LogP contribution is 2.32. The molecule has 0 bridgehead atoms. The molecule has 2 atom stereocenters. The fourth-order valence-corrected chi connectivity index (χ4v) is 3.92. The van der Waals surface area contributed by atoms with Gasteiger partial charge < -0.3 is 14.5 Å². The third-order valence-corrected chi connectivity index (χ3v) is 5.68. The second-order valence-corrected chi connectivity index (χ2v) is 8.37. The van der Waals surface area contributed by atoms with Gasteiger partial charge in [0.15, 0.2) is 0 Å². The average Bonchev–Trinajstić information content (AvgIpc) is 3.15. The molecule has 3 aromatic rings. The van der Waals surface area contributed by atoms with E-state index in [-0.39, 0.29) is 11.9 Å². The molecule has 2 aromatic carbocycles. The van der Waals surface area contributed by atoms with E-state index in [0.29, 0.717) is 32.5 Å². The van der Waals surface area contributed by atoms with E-state index in [0.717, 1.165) is 5.56 Å². The first kappa shape index (κ1) is 21.5. The fourth-order valence-electron chi connectivity index (χ4n) is 2.65. The molecule has 0 saturated heterocycles. The van der Waals surface area contributed by atoms with Crippen LogP contribution in [0.1, 0.15) is 25.5 Å². The Hall–Kier alpha value is -2.22. The van der Waals surface area contributed by atoms with Crippen LogP contribution in [-0.2, 0) is 4.79 Å². The zero-order valence-corrected chi connectivity index (χ0v) is 18.3. The van der Waals surface area contributed by atoms with Crippen LogP contribution in [0.5, 0.6) is 5.75 Å². The molecule has 0 aliphatic heterocycles. The Kier molecular flexibility index (Phi) is 7.05. The number of nitrogens with zero attached hydrogens (tertiary/aromatic N) is 2. The normalized spacial score (nSPS) is 13.0. The molecule has 1 heterocycles. The minimum Gasteiger partial charge on any atom is -0.496 e. The van der Waals surface area contributed by atoms with E-state index in [1.165, 1.54) is 11.8 Å². The highest BCUT2D eigenvalue weighted by Gasteiger charge is 2.22. The van der Waals surface area contributed by atoms with Crippen LogP contribution in [0.15, 0.2) is 52.1 Å². The number of para-hydroxylation sites is 1. The summed E-state index contributed by atoms with van der Waals surface area (Å²) in [5.41, 5.74) is 1.48. The number of ether oxygens (including phenoxy) is 1. The average molecular weight is 452 g/mol. The van der Waals surface area contributed by atoms with Crippen LogP contribution in [0.2, 0.25) is 10.0 Å². The number of carbonyl (C=O) groups excluding carboxylic acids is 1. The molecule has 0 radical (unpaired) electrons. The van der Waals surface area contributed by atoms with Gasteiger partial charge in [-0.05, 0) is 43.7 Å². The lowest BCUT2D eigenvalue weighted by Gasteiger charge is -2.18. The fraction of sp³-hybridized carbons (Fsp3) is 0.250. The smallest absolute Gasteiger partial charge is 0.277 e. The molecule has 29 heavy (non-hydrogen) atoms. The molecule has 1 amide bonds. The molecule has 1 N–H and O–H groups in total. The third kappa shape index (κ3) is 5.23. The summed E-state index contributed by atoms with van der Waals surface area (Å²) in [6.07, 6.45) is 0. The van der Waals surface area contributed by atoms with Gasteiger partial charge in [0.25, 0.3) is 11.1 Å². The number of amides is 1. The highest BCUT2D eigenvalue weighted by molar-refractivity contribution is 8.00. The maximum atomic E-state index is 12.6. The van der Waals surface area contributed by atoms with Crippen LogP contribution in [0.25, 0.3) is 11.5 Å². The van der Waals surface area contributed by atoms with Crippen molar-refractivity contribution in [1.29, 1.82) is 0 Å². The van der Waals surface area contributed by atoms with Crippen LogP contribution in [0.4, 0.5) is 0 Å². The number of nitrogens with one attached hydrogen (secondary N) is 1. The molecule has 0 unspecified atom stereocenters. The minimum atomic E-state index is -0.450. The number of carbonyl (C=O) groups is 1. The van der Waals surface area contributed by atoms with Crippen molar-refractivity contribution >= 4 is 40.9 Å². The molecule has 0 aliphatic rings. The van der Waals surface area contributed by atoms with Gasteiger partial charge in [0, 0.05) is 10.0 Å². The van der Waals surface area contributed by atoms with Crippen LogP contribution in [0, 0.1) is 0 Å². The van der Waals surface area contributed by atoms with E-state index < -0.39 is 5.25 Å². The summed E-state index contributed by atoms with van der Waals surface area (Å²) < 4.78 is 11.0. The van der Waals surface area contributed by atoms with Crippen molar-refractivity contribution in [1.82, 2.24) is 15.5 Å². The Morgan fingerprint density at radius 2 is 1.93 bits per heavy atom. The lowest BCUT2D eigenvalue weighted by Crippen LogP contribution is -2.33. The van der Waals surface area contributed by atoms with Gasteiger partial charge in [-0.3, -0.25) is 4.79 Å². The first-order valence-corrected chi connectivity index (χ1v) is 10.4. The molecule has 6 nitrogen and oxygen atoms in total. The lowest BCUT2D eigenvalue weighted by molar-refractivity contribution is -0.120. The van der Waals surface area contributed by atoms with Crippen molar-refractivity contribution in [2.75, 3.05) is 7.11 Å². The molecule has 152 valence electrons. The van der Waals surface area contributed by atoms with Gasteiger partial charge in [-0.15, -0.1) is 10.2 Å². The molecule has 0 spiro atoms. The van der Waals surface area contributed by atoms with E-state index in [4.69, 9.17) is 32.4 Å². The number of methoxy groups -OCH3 is 1. The van der Waals surface area contributed by atoms with E-state index in [9.17, 15) is 4.79 Å². The van der Waals surface area contributed by atoms with Gasteiger partial charge >= 0.3 is 0 Å². The Labute approximate surface area is 182 Å². The van der Waals surface area contributed by atoms with Crippen molar-refractivity contribution in [2.24, 2.45) is 0 Å². The molecule has 0 fully saturated rings. The van der Waals surface area contributed by atoms with Crippen molar-refractivity contribution < 1.29 is 13.9 Å². The predicted molar refractivity (Wildman–Crippen MR) is 115 cm³/mol. The summed E-state index contributed by atoms with van der Waals surface area (Å²) >= 11 is 13.3. The van der Waals surface area contributed by atoms with Gasteiger partial charge in [-0.1, -0.05) is 53.2 Å². The molecular weight excluding hydrogens is 433 g/mol. The van der Waals surface area contributed by atoms with E-state index in [1.807, 2.05) is 31.2 Å². The van der Waals surface area contributed by atoms with Gasteiger partial charge in [0.05, 0.1) is 24.0 Å². The van der Waals surface area contributed by atoms with Crippen molar-refractivity contribution in [3.63, 3.8) is 0 Å². The lowest BCUT2D eigenvalue weighted by atomic mass is 10.1. The number of thioether (sulfide) groups is 1. The summed E-state index contributed by atoms with van der Waals surface area (Å²) in [5, 5.41) is 11.9.